The molecule has 2 aromatic heterocycles. The zero-order chi connectivity index (χ0) is 13.1. The molecule has 18 heavy (non-hydrogen) atoms. The molecular formula is C11H13BrN4OS. The number of nitrogens with zero attached hydrogens (tertiary/aromatic N) is 3. The Bertz CT molecular complexity index is 544. The second-order valence-electron chi connectivity index (χ2n) is 3.91. The first-order valence-electron chi connectivity index (χ1n) is 5.45. The van der Waals surface area contributed by atoms with Gasteiger partial charge in [0.1, 0.15) is 6.33 Å². The number of carbonyl (C=O) groups excluding carboxylic acids is 1. The molecule has 0 atom stereocenters. The largest absolute Gasteiger partial charge is 0.351 e. The van der Waals surface area contributed by atoms with Crippen LogP contribution < -0.4 is 5.32 Å². The van der Waals surface area contributed by atoms with Crippen molar-refractivity contribution in [3.05, 3.63) is 32.4 Å². The highest BCUT2D eigenvalue weighted by Gasteiger charge is 2.10. The van der Waals surface area contributed by atoms with Crippen LogP contribution in [0.4, 0.5) is 0 Å². The molecule has 1 amide bonds. The number of nitrogens with one attached hydrogen (secondary N) is 1. The summed E-state index contributed by atoms with van der Waals surface area (Å²) in [5.41, 5.74) is 1.08. The van der Waals surface area contributed by atoms with Crippen molar-refractivity contribution in [2.24, 2.45) is 7.05 Å². The molecule has 2 aromatic rings. The van der Waals surface area contributed by atoms with E-state index in [1.807, 2.05) is 20.0 Å². The molecule has 0 aromatic carbocycles. The van der Waals surface area contributed by atoms with Crippen LogP contribution in [0.1, 0.15) is 21.1 Å². The third-order valence-electron chi connectivity index (χ3n) is 2.36. The van der Waals surface area contributed by atoms with Gasteiger partial charge in [-0.3, -0.25) is 9.48 Å². The average Bonchev–Trinajstić information content (AvgIpc) is 2.87. The van der Waals surface area contributed by atoms with Crippen molar-refractivity contribution in [3.63, 3.8) is 0 Å². The van der Waals surface area contributed by atoms with Crippen molar-refractivity contribution in [1.29, 1.82) is 0 Å². The molecule has 1 N–H and O–H groups in total. The lowest BCUT2D eigenvalue weighted by Gasteiger charge is -2.00. The minimum absolute atomic E-state index is 0.0512. The van der Waals surface area contributed by atoms with Gasteiger partial charge >= 0.3 is 0 Å². The first kappa shape index (κ1) is 13.2. The fourth-order valence-corrected chi connectivity index (χ4v) is 2.90. The van der Waals surface area contributed by atoms with E-state index in [0.29, 0.717) is 17.8 Å². The highest BCUT2D eigenvalue weighted by Crippen LogP contribution is 2.27. The van der Waals surface area contributed by atoms with Gasteiger partial charge in [-0.25, -0.2) is 4.98 Å². The molecule has 0 aliphatic carbocycles. The van der Waals surface area contributed by atoms with Crippen LogP contribution in [0, 0.1) is 6.92 Å². The van der Waals surface area contributed by atoms with E-state index in [9.17, 15) is 4.79 Å². The Hall–Kier alpha value is -1.21. The van der Waals surface area contributed by atoms with Crippen LogP contribution in [0.3, 0.4) is 0 Å². The molecule has 0 bridgehead atoms. The Labute approximate surface area is 117 Å². The predicted molar refractivity (Wildman–Crippen MR) is 73.8 cm³/mol. The first-order valence-corrected chi connectivity index (χ1v) is 7.06. The number of hydrogen-bond acceptors (Lipinski definition) is 4. The summed E-state index contributed by atoms with van der Waals surface area (Å²) in [6.07, 6.45) is 2.29. The summed E-state index contributed by atoms with van der Waals surface area (Å²) in [6, 6.07) is 1.88. The lowest BCUT2D eigenvalue weighted by atomic mass is 10.3. The van der Waals surface area contributed by atoms with Gasteiger partial charge < -0.3 is 5.32 Å². The van der Waals surface area contributed by atoms with Crippen LogP contribution in [0.2, 0.25) is 0 Å². The molecule has 0 aliphatic heterocycles. The van der Waals surface area contributed by atoms with E-state index in [1.54, 1.807) is 11.0 Å². The maximum Gasteiger partial charge on any atom is 0.261 e. The standard InChI is InChI=1S/C11H13BrN4OS/c1-7-5-8(18-10(7)12)11(17)13-4-3-9-14-6-16(2)15-9/h5-6H,3-4H2,1-2H3,(H,13,17). The zero-order valence-corrected chi connectivity index (χ0v) is 12.5. The summed E-state index contributed by atoms with van der Waals surface area (Å²) in [4.78, 5) is 16.7. The van der Waals surface area contributed by atoms with Crippen LogP contribution in [-0.4, -0.2) is 27.2 Å². The number of amides is 1. The van der Waals surface area contributed by atoms with Gasteiger partial charge in [0.15, 0.2) is 5.82 Å². The van der Waals surface area contributed by atoms with Crippen LogP contribution >= 0.6 is 27.3 Å². The Morgan fingerprint density at radius 1 is 1.61 bits per heavy atom. The maximum absolute atomic E-state index is 11.8. The van der Waals surface area contributed by atoms with Gasteiger partial charge in [-0.15, -0.1) is 11.3 Å². The van der Waals surface area contributed by atoms with Gasteiger partial charge in [0.25, 0.3) is 5.91 Å². The first-order chi connectivity index (χ1) is 8.56. The van der Waals surface area contributed by atoms with E-state index >= 15 is 0 Å². The van der Waals surface area contributed by atoms with Crippen LogP contribution in [-0.2, 0) is 13.5 Å². The minimum Gasteiger partial charge on any atom is -0.351 e. The molecule has 0 radical (unpaired) electrons. The summed E-state index contributed by atoms with van der Waals surface area (Å²) in [6.45, 7) is 2.51. The van der Waals surface area contributed by atoms with E-state index in [0.717, 1.165) is 15.2 Å². The lowest BCUT2D eigenvalue weighted by molar-refractivity contribution is 0.0958. The van der Waals surface area contributed by atoms with E-state index in [4.69, 9.17) is 0 Å². The van der Waals surface area contributed by atoms with Crippen LogP contribution in [0.15, 0.2) is 16.2 Å². The highest BCUT2D eigenvalue weighted by molar-refractivity contribution is 9.11. The Kier molecular flexibility index (Phi) is 4.13. The van der Waals surface area contributed by atoms with Crippen molar-refractivity contribution < 1.29 is 4.79 Å². The molecule has 2 rings (SSSR count). The molecular weight excluding hydrogens is 316 g/mol. The zero-order valence-electron chi connectivity index (χ0n) is 10.1. The number of carbonyl (C=O) groups is 1. The Morgan fingerprint density at radius 2 is 2.39 bits per heavy atom. The van der Waals surface area contributed by atoms with E-state index in [-0.39, 0.29) is 5.91 Å². The second kappa shape index (κ2) is 5.62. The summed E-state index contributed by atoms with van der Waals surface area (Å²) in [5, 5.41) is 7.01. The van der Waals surface area contributed by atoms with Gasteiger partial charge in [0.05, 0.1) is 8.66 Å². The molecule has 5 nitrogen and oxygen atoms in total. The number of thiophene rings is 1. The number of hydrogen-bond donors (Lipinski definition) is 1. The Morgan fingerprint density at radius 3 is 2.94 bits per heavy atom. The average molecular weight is 329 g/mol. The van der Waals surface area contributed by atoms with Crippen molar-refractivity contribution >= 4 is 33.2 Å². The van der Waals surface area contributed by atoms with Crippen molar-refractivity contribution in [1.82, 2.24) is 20.1 Å². The molecule has 0 saturated heterocycles. The SMILES string of the molecule is Cc1cc(C(=O)NCCc2ncn(C)n2)sc1Br. The smallest absolute Gasteiger partial charge is 0.261 e. The lowest BCUT2D eigenvalue weighted by Crippen LogP contribution is -2.25. The second-order valence-corrected chi connectivity index (χ2v) is 6.28. The molecule has 7 heteroatoms. The molecule has 96 valence electrons. The number of aryl methyl sites for hydroxylation is 2. The molecule has 0 spiro atoms. The topological polar surface area (TPSA) is 59.8 Å². The van der Waals surface area contributed by atoms with Crippen molar-refractivity contribution in [2.45, 2.75) is 13.3 Å². The van der Waals surface area contributed by atoms with Gasteiger partial charge in [-0.2, -0.15) is 5.10 Å². The van der Waals surface area contributed by atoms with Gasteiger partial charge in [-0.1, -0.05) is 0 Å². The summed E-state index contributed by atoms with van der Waals surface area (Å²) >= 11 is 4.85. The van der Waals surface area contributed by atoms with E-state index in [2.05, 4.69) is 31.3 Å². The molecule has 0 unspecified atom stereocenters. The highest BCUT2D eigenvalue weighted by atomic mass is 79.9. The van der Waals surface area contributed by atoms with Gasteiger partial charge in [0.2, 0.25) is 0 Å². The number of aromatic nitrogens is 3. The maximum atomic E-state index is 11.8. The van der Waals surface area contributed by atoms with E-state index < -0.39 is 0 Å². The fraction of sp³-hybridized carbons (Fsp3) is 0.364. The summed E-state index contributed by atoms with van der Waals surface area (Å²) in [7, 11) is 1.82. The summed E-state index contributed by atoms with van der Waals surface area (Å²) < 4.78 is 2.65. The minimum atomic E-state index is -0.0512. The predicted octanol–water partition coefficient (Wildman–Crippen LogP) is 1.92. The fourth-order valence-electron chi connectivity index (χ4n) is 1.45. The molecule has 0 fully saturated rings. The number of rotatable bonds is 4. The quantitative estimate of drug-likeness (QED) is 0.932. The number of halogens is 1. The van der Waals surface area contributed by atoms with Crippen molar-refractivity contribution in [3.8, 4) is 0 Å². The monoisotopic (exact) mass is 328 g/mol. The third kappa shape index (κ3) is 3.17. The van der Waals surface area contributed by atoms with E-state index in [1.165, 1.54) is 11.3 Å². The van der Waals surface area contributed by atoms with Crippen LogP contribution in [0.25, 0.3) is 0 Å². The summed E-state index contributed by atoms with van der Waals surface area (Å²) in [5.74, 6) is 0.686. The Balaban J connectivity index is 1.85. The molecule has 0 aliphatic rings. The van der Waals surface area contributed by atoms with Crippen LogP contribution in [0.5, 0.6) is 0 Å². The third-order valence-corrected chi connectivity index (χ3v) is 4.50. The van der Waals surface area contributed by atoms with Gasteiger partial charge in [0, 0.05) is 20.0 Å². The van der Waals surface area contributed by atoms with Crippen molar-refractivity contribution in [2.75, 3.05) is 6.54 Å². The molecule has 2 heterocycles. The molecule has 0 saturated carbocycles. The van der Waals surface area contributed by atoms with Gasteiger partial charge in [-0.05, 0) is 34.5 Å². The normalized spacial score (nSPS) is 10.6.